The first-order chi connectivity index (χ1) is 11.1. The second-order valence-corrected chi connectivity index (χ2v) is 6.69. The van der Waals surface area contributed by atoms with E-state index in [1.807, 2.05) is 30.3 Å². The number of halogens is 1. The maximum absolute atomic E-state index is 12.5. The summed E-state index contributed by atoms with van der Waals surface area (Å²) in [5.41, 5.74) is 1.26. The van der Waals surface area contributed by atoms with Crippen molar-refractivity contribution >= 4 is 40.1 Å². The lowest BCUT2D eigenvalue weighted by Crippen LogP contribution is -2.47. The van der Waals surface area contributed by atoms with Gasteiger partial charge in [-0.3, -0.25) is 14.4 Å². The molecule has 0 aliphatic carbocycles. The van der Waals surface area contributed by atoms with Crippen LogP contribution in [0.1, 0.15) is 28.4 Å². The highest BCUT2D eigenvalue weighted by atomic mass is 127. The van der Waals surface area contributed by atoms with Crippen molar-refractivity contribution in [2.75, 3.05) is 0 Å². The minimum atomic E-state index is -1.24. The molecule has 5 heteroatoms. The largest absolute Gasteiger partial charge is 0.348 e. The van der Waals surface area contributed by atoms with E-state index in [1.54, 1.807) is 24.3 Å². The van der Waals surface area contributed by atoms with Crippen molar-refractivity contribution in [3.05, 3.63) is 69.3 Å². The Morgan fingerprint density at radius 2 is 1.65 bits per heavy atom. The zero-order chi connectivity index (χ0) is 16.4. The van der Waals surface area contributed by atoms with Gasteiger partial charge in [0.25, 0.3) is 0 Å². The maximum Gasteiger partial charge on any atom is 0.239 e. The molecule has 2 aromatic rings. The van der Waals surface area contributed by atoms with Crippen molar-refractivity contribution < 1.29 is 14.4 Å². The van der Waals surface area contributed by atoms with E-state index in [1.165, 1.54) is 0 Å². The first-order valence-corrected chi connectivity index (χ1v) is 8.32. The van der Waals surface area contributed by atoms with E-state index in [-0.39, 0.29) is 18.2 Å². The molecule has 1 aliphatic rings. The predicted octanol–water partition coefficient (Wildman–Crippen LogP) is 2.92. The molecule has 0 aromatic heterocycles. The zero-order valence-corrected chi connectivity index (χ0v) is 14.3. The number of piperidine rings is 1. The van der Waals surface area contributed by atoms with Gasteiger partial charge < -0.3 is 5.32 Å². The maximum atomic E-state index is 12.5. The van der Waals surface area contributed by atoms with Crippen LogP contribution in [0.15, 0.2) is 54.6 Å². The van der Waals surface area contributed by atoms with Gasteiger partial charge in [0.05, 0.1) is 6.04 Å². The number of carbonyl (C=O) groups excluding carboxylic acids is 3. The van der Waals surface area contributed by atoms with Crippen LogP contribution in [0.25, 0.3) is 0 Å². The Balaban J connectivity index is 1.80. The lowest BCUT2D eigenvalue weighted by atomic mass is 9.84. The van der Waals surface area contributed by atoms with E-state index >= 15 is 0 Å². The molecule has 1 heterocycles. The molecule has 4 nitrogen and oxygen atoms in total. The fourth-order valence-corrected chi connectivity index (χ4v) is 3.06. The number of nitrogens with one attached hydrogen (secondary N) is 1. The Labute approximate surface area is 147 Å². The molecule has 2 unspecified atom stereocenters. The molecule has 1 saturated heterocycles. The van der Waals surface area contributed by atoms with Gasteiger partial charge >= 0.3 is 0 Å². The zero-order valence-electron chi connectivity index (χ0n) is 12.2. The number of Topliss-reactive ketones (excluding diaryl/α,β-unsaturated/α-hetero) is 2. The standard InChI is InChI=1S/C18H14INO3/c19-13-8-6-12(7-9-13)17(22)16-15(21)10-14(20-18(16)23)11-4-2-1-3-5-11/h1-9,14,16H,10H2,(H,20,23). The number of rotatable bonds is 3. The number of benzene rings is 2. The Kier molecular flexibility index (Phi) is 4.56. The number of carbonyl (C=O) groups is 3. The predicted molar refractivity (Wildman–Crippen MR) is 93.9 cm³/mol. The van der Waals surface area contributed by atoms with Gasteiger partial charge in [-0.05, 0) is 40.3 Å². The van der Waals surface area contributed by atoms with Crippen molar-refractivity contribution in [1.29, 1.82) is 0 Å². The van der Waals surface area contributed by atoms with Crippen LogP contribution in [-0.4, -0.2) is 17.5 Å². The van der Waals surface area contributed by atoms with Gasteiger partial charge in [-0.1, -0.05) is 42.5 Å². The van der Waals surface area contributed by atoms with E-state index in [0.717, 1.165) is 9.13 Å². The Hall–Kier alpha value is -2.02. The van der Waals surface area contributed by atoms with Crippen LogP contribution >= 0.6 is 22.6 Å². The second kappa shape index (κ2) is 6.62. The van der Waals surface area contributed by atoms with Crippen LogP contribution in [-0.2, 0) is 9.59 Å². The average Bonchev–Trinajstić information content (AvgIpc) is 2.55. The van der Waals surface area contributed by atoms with Crippen molar-refractivity contribution in [3.8, 4) is 0 Å². The topological polar surface area (TPSA) is 63.2 Å². The summed E-state index contributed by atoms with van der Waals surface area (Å²) in [6.07, 6.45) is 0.135. The molecule has 0 radical (unpaired) electrons. The molecule has 1 aliphatic heterocycles. The van der Waals surface area contributed by atoms with E-state index in [4.69, 9.17) is 0 Å². The summed E-state index contributed by atoms with van der Waals surface area (Å²) in [5.74, 6) is -2.52. The molecule has 0 bridgehead atoms. The number of hydrogen-bond acceptors (Lipinski definition) is 3. The summed E-state index contributed by atoms with van der Waals surface area (Å²) < 4.78 is 0.989. The molecular formula is C18H14INO3. The van der Waals surface area contributed by atoms with Gasteiger partial charge in [-0.25, -0.2) is 0 Å². The number of amides is 1. The fourth-order valence-electron chi connectivity index (χ4n) is 2.70. The van der Waals surface area contributed by atoms with Gasteiger partial charge in [0.1, 0.15) is 0 Å². The SMILES string of the molecule is O=C1CC(c2ccccc2)NC(=O)C1C(=O)c1ccc(I)cc1. The quantitative estimate of drug-likeness (QED) is 0.473. The van der Waals surface area contributed by atoms with Gasteiger partial charge in [0, 0.05) is 15.6 Å². The third-order valence-corrected chi connectivity index (χ3v) is 4.62. The first-order valence-electron chi connectivity index (χ1n) is 7.24. The monoisotopic (exact) mass is 419 g/mol. The van der Waals surface area contributed by atoms with Crippen LogP contribution in [0.3, 0.4) is 0 Å². The molecular weight excluding hydrogens is 405 g/mol. The molecule has 116 valence electrons. The molecule has 0 spiro atoms. The molecule has 23 heavy (non-hydrogen) atoms. The lowest BCUT2D eigenvalue weighted by Gasteiger charge is -2.27. The smallest absolute Gasteiger partial charge is 0.239 e. The van der Waals surface area contributed by atoms with E-state index < -0.39 is 17.6 Å². The minimum Gasteiger partial charge on any atom is -0.348 e. The Bertz CT molecular complexity index is 738. The summed E-state index contributed by atoms with van der Waals surface area (Å²) in [6, 6.07) is 15.8. The van der Waals surface area contributed by atoms with E-state index in [2.05, 4.69) is 27.9 Å². The summed E-state index contributed by atoms with van der Waals surface area (Å²) >= 11 is 2.13. The summed E-state index contributed by atoms with van der Waals surface area (Å²) in [7, 11) is 0. The van der Waals surface area contributed by atoms with E-state index in [9.17, 15) is 14.4 Å². The van der Waals surface area contributed by atoms with Crippen LogP contribution in [0.5, 0.6) is 0 Å². The highest BCUT2D eigenvalue weighted by molar-refractivity contribution is 14.1. The highest BCUT2D eigenvalue weighted by Gasteiger charge is 2.40. The van der Waals surface area contributed by atoms with Crippen LogP contribution in [0.2, 0.25) is 0 Å². The average molecular weight is 419 g/mol. The van der Waals surface area contributed by atoms with Gasteiger partial charge in [-0.2, -0.15) is 0 Å². The Morgan fingerprint density at radius 3 is 2.26 bits per heavy atom. The number of hydrogen-bond donors (Lipinski definition) is 1. The molecule has 2 aromatic carbocycles. The van der Waals surface area contributed by atoms with Crippen molar-refractivity contribution in [3.63, 3.8) is 0 Å². The first kappa shape index (κ1) is 15.9. The fraction of sp³-hybridized carbons (Fsp3) is 0.167. The minimum absolute atomic E-state index is 0.135. The lowest BCUT2D eigenvalue weighted by molar-refractivity contribution is -0.136. The highest BCUT2D eigenvalue weighted by Crippen LogP contribution is 2.26. The molecule has 0 saturated carbocycles. The Morgan fingerprint density at radius 1 is 1.00 bits per heavy atom. The van der Waals surface area contributed by atoms with Crippen LogP contribution in [0, 0.1) is 9.49 Å². The summed E-state index contributed by atoms with van der Waals surface area (Å²) in [6.45, 7) is 0. The second-order valence-electron chi connectivity index (χ2n) is 5.45. The third-order valence-electron chi connectivity index (χ3n) is 3.90. The molecule has 3 rings (SSSR count). The molecule has 1 amide bonds. The van der Waals surface area contributed by atoms with Crippen molar-refractivity contribution in [1.82, 2.24) is 5.32 Å². The molecule has 1 N–H and O–H groups in total. The third kappa shape index (κ3) is 3.34. The summed E-state index contributed by atoms with van der Waals surface area (Å²) in [4.78, 5) is 37.2. The van der Waals surface area contributed by atoms with Gasteiger partial charge in [-0.15, -0.1) is 0 Å². The normalized spacial score (nSPS) is 20.9. The summed E-state index contributed by atoms with van der Waals surface area (Å²) in [5, 5.41) is 2.79. The van der Waals surface area contributed by atoms with Crippen molar-refractivity contribution in [2.45, 2.75) is 12.5 Å². The number of ketones is 2. The van der Waals surface area contributed by atoms with Crippen LogP contribution < -0.4 is 5.32 Å². The van der Waals surface area contributed by atoms with Crippen LogP contribution in [0.4, 0.5) is 0 Å². The van der Waals surface area contributed by atoms with Gasteiger partial charge in [0.15, 0.2) is 17.5 Å². The molecule has 1 fully saturated rings. The van der Waals surface area contributed by atoms with Crippen molar-refractivity contribution in [2.24, 2.45) is 5.92 Å². The van der Waals surface area contributed by atoms with E-state index in [0.29, 0.717) is 5.56 Å². The van der Waals surface area contributed by atoms with Gasteiger partial charge in [0.2, 0.25) is 5.91 Å². The molecule has 2 atom stereocenters.